The monoisotopic (exact) mass is 420 g/mol. The Bertz CT molecular complexity index is 1000. The van der Waals surface area contributed by atoms with Gasteiger partial charge >= 0.3 is 6.18 Å². The lowest BCUT2D eigenvalue weighted by molar-refractivity contribution is -0.137. The van der Waals surface area contributed by atoms with Gasteiger partial charge in [0, 0.05) is 30.1 Å². The summed E-state index contributed by atoms with van der Waals surface area (Å²) in [6.45, 7) is 1.04. The maximum Gasteiger partial charge on any atom is 0.416 e. The van der Waals surface area contributed by atoms with Crippen molar-refractivity contribution in [3.05, 3.63) is 77.9 Å². The third-order valence-corrected chi connectivity index (χ3v) is 5.26. The summed E-state index contributed by atoms with van der Waals surface area (Å²) in [6.07, 6.45) is -4.36. The SMILES string of the molecule is Cl.O=C(Nc1cccc2ccccc12)[C@@H]1CNC[C@H]1c1ccc(C(F)(F)F)cc1. The predicted molar refractivity (Wildman–Crippen MR) is 110 cm³/mol. The number of carbonyl (C=O) groups is 1. The number of halogens is 4. The summed E-state index contributed by atoms with van der Waals surface area (Å²) in [5, 5.41) is 8.18. The van der Waals surface area contributed by atoms with Gasteiger partial charge in [0.15, 0.2) is 0 Å². The summed E-state index contributed by atoms with van der Waals surface area (Å²) in [7, 11) is 0. The van der Waals surface area contributed by atoms with E-state index in [0.717, 1.165) is 34.2 Å². The Kier molecular flexibility index (Phi) is 6.15. The molecular weight excluding hydrogens is 401 g/mol. The number of hydrogen-bond acceptors (Lipinski definition) is 2. The van der Waals surface area contributed by atoms with Crippen molar-refractivity contribution in [1.29, 1.82) is 0 Å². The first kappa shape index (κ1) is 21.1. The lowest BCUT2D eigenvalue weighted by Crippen LogP contribution is -2.28. The van der Waals surface area contributed by atoms with Crippen molar-refractivity contribution in [1.82, 2.24) is 5.32 Å². The molecule has 29 heavy (non-hydrogen) atoms. The summed E-state index contributed by atoms with van der Waals surface area (Å²) >= 11 is 0. The minimum atomic E-state index is -4.36. The Balaban J connectivity index is 0.00000240. The molecule has 1 aliphatic heterocycles. The van der Waals surface area contributed by atoms with E-state index in [1.807, 2.05) is 42.5 Å². The molecule has 152 valence electrons. The Labute approximate surface area is 172 Å². The van der Waals surface area contributed by atoms with Crippen LogP contribution >= 0.6 is 12.4 Å². The highest BCUT2D eigenvalue weighted by Gasteiger charge is 2.35. The molecule has 1 fully saturated rings. The van der Waals surface area contributed by atoms with E-state index >= 15 is 0 Å². The number of rotatable bonds is 3. The molecule has 7 heteroatoms. The van der Waals surface area contributed by atoms with Crippen LogP contribution in [0, 0.1) is 5.92 Å². The molecule has 1 amide bonds. The smallest absolute Gasteiger partial charge is 0.325 e. The number of alkyl halides is 3. The van der Waals surface area contributed by atoms with Gasteiger partial charge in [-0.1, -0.05) is 48.5 Å². The third kappa shape index (κ3) is 4.38. The van der Waals surface area contributed by atoms with Crippen LogP contribution in [-0.2, 0) is 11.0 Å². The van der Waals surface area contributed by atoms with E-state index in [0.29, 0.717) is 13.1 Å². The number of amides is 1. The van der Waals surface area contributed by atoms with Gasteiger partial charge in [0.1, 0.15) is 0 Å². The Hall–Kier alpha value is -2.57. The zero-order valence-electron chi connectivity index (χ0n) is 15.4. The van der Waals surface area contributed by atoms with Gasteiger partial charge in [-0.25, -0.2) is 0 Å². The van der Waals surface area contributed by atoms with Crippen molar-refractivity contribution in [3.63, 3.8) is 0 Å². The van der Waals surface area contributed by atoms with Crippen LogP contribution in [0.15, 0.2) is 66.7 Å². The van der Waals surface area contributed by atoms with Gasteiger partial charge in [0.05, 0.1) is 11.5 Å². The molecular formula is C22H20ClF3N2O. The van der Waals surface area contributed by atoms with E-state index in [4.69, 9.17) is 0 Å². The molecule has 2 N–H and O–H groups in total. The molecule has 0 spiro atoms. The van der Waals surface area contributed by atoms with Gasteiger partial charge in [-0.2, -0.15) is 13.2 Å². The number of benzene rings is 3. The van der Waals surface area contributed by atoms with Crippen LogP contribution in [0.25, 0.3) is 10.8 Å². The average Bonchev–Trinajstić information content (AvgIpc) is 3.18. The fourth-order valence-electron chi connectivity index (χ4n) is 3.78. The molecule has 3 aromatic rings. The van der Waals surface area contributed by atoms with Gasteiger partial charge in [-0.3, -0.25) is 4.79 Å². The Morgan fingerprint density at radius 1 is 0.931 bits per heavy atom. The van der Waals surface area contributed by atoms with Gasteiger partial charge in [-0.05, 0) is 29.1 Å². The summed E-state index contributed by atoms with van der Waals surface area (Å²) < 4.78 is 38.4. The first-order chi connectivity index (χ1) is 13.4. The highest BCUT2D eigenvalue weighted by molar-refractivity contribution is 6.03. The number of hydrogen-bond donors (Lipinski definition) is 2. The molecule has 4 rings (SSSR count). The summed E-state index contributed by atoms with van der Waals surface area (Å²) in [4.78, 5) is 12.9. The minimum Gasteiger partial charge on any atom is -0.325 e. The van der Waals surface area contributed by atoms with E-state index in [-0.39, 0.29) is 30.2 Å². The highest BCUT2D eigenvalue weighted by atomic mass is 35.5. The number of anilines is 1. The predicted octanol–water partition coefficient (Wildman–Crippen LogP) is 5.22. The quantitative estimate of drug-likeness (QED) is 0.609. The normalized spacial score (nSPS) is 19.0. The lowest BCUT2D eigenvalue weighted by atomic mass is 9.87. The maximum absolute atomic E-state index is 12.9. The van der Waals surface area contributed by atoms with Crippen molar-refractivity contribution < 1.29 is 18.0 Å². The molecule has 0 radical (unpaired) electrons. The van der Waals surface area contributed by atoms with E-state index in [1.165, 1.54) is 12.1 Å². The minimum absolute atomic E-state index is 0. The summed E-state index contributed by atoms with van der Waals surface area (Å²) in [5.41, 5.74) is 0.788. The summed E-state index contributed by atoms with van der Waals surface area (Å²) in [5.74, 6) is -0.654. The second-order valence-corrected chi connectivity index (χ2v) is 7.01. The maximum atomic E-state index is 12.9. The van der Waals surface area contributed by atoms with E-state index in [1.54, 1.807) is 0 Å². The van der Waals surface area contributed by atoms with Crippen LogP contribution in [-0.4, -0.2) is 19.0 Å². The molecule has 2 atom stereocenters. The standard InChI is InChI=1S/C22H19F3N2O.ClH/c23-22(24,25)16-10-8-15(9-11-16)18-12-26-13-19(18)21(28)27-20-7-3-5-14-4-1-2-6-17(14)20;/h1-11,18-19,26H,12-13H2,(H,27,28);1H/t18-,19+;/m0./s1. The summed E-state index contributed by atoms with van der Waals surface area (Å²) in [6, 6.07) is 18.6. The Morgan fingerprint density at radius 2 is 1.62 bits per heavy atom. The topological polar surface area (TPSA) is 41.1 Å². The van der Waals surface area contributed by atoms with Crippen LogP contribution in [0.4, 0.5) is 18.9 Å². The second kappa shape index (κ2) is 8.43. The number of fused-ring (bicyclic) bond motifs is 1. The van der Waals surface area contributed by atoms with Crippen molar-refractivity contribution in [2.75, 3.05) is 18.4 Å². The first-order valence-corrected chi connectivity index (χ1v) is 9.10. The molecule has 1 heterocycles. The molecule has 3 nitrogen and oxygen atoms in total. The van der Waals surface area contributed by atoms with Crippen molar-refractivity contribution in [2.24, 2.45) is 5.92 Å². The van der Waals surface area contributed by atoms with Crippen molar-refractivity contribution in [3.8, 4) is 0 Å². The number of carbonyl (C=O) groups excluding carboxylic acids is 1. The zero-order chi connectivity index (χ0) is 19.7. The van der Waals surface area contributed by atoms with E-state index in [2.05, 4.69) is 10.6 Å². The van der Waals surface area contributed by atoms with Crippen molar-refractivity contribution in [2.45, 2.75) is 12.1 Å². The zero-order valence-corrected chi connectivity index (χ0v) is 16.2. The molecule has 0 aromatic heterocycles. The van der Waals surface area contributed by atoms with Crippen LogP contribution in [0.3, 0.4) is 0 Å². The molecule has 1 saturated heterocycles. The number of nitrogens with one attached hydrogen (secondary N) is 2. The van der Waals surface area contributed by atoms with Crippen LogP contribution in [0.1, 0.15) is 17.0 Å². The first-order valence-electron chi connectivity index (χ1n) is 9.10. The van der Waals surface area contributed by atoms with Crippen LogP contribution in [0.2, 0.25) is 0 Å². The molecule has 0 unspecified atom stereocenters. The molecule has 0 saturated carbocycles. The van der Waals surface area contributed by atoms with E-state index < -0.39 is 11.7 Å². The largest absolute Gasteiger partial charge is 0.416 e. The molecule has 3 aromatic carbocycles. The average molecular weight is 421 g/mol. The highest BCUT2D eigenvalue weighted by Crippen LogP contribution is 2.34. The lowest BCUT2D eigenvalue weighted by Gasteiger charge is -2.20. The van der Waals surface area contributed by atoms with Gasteiger partial charge in [0.2, 0.25) is 5.91 Å². The second-order valence-electron chi connectivity index (χ2n) is 7.01. The van der Waals surface area contributed by atoms with Gasteiger partial charge in [-0.15, -0.1) is 12.4 Å². The van der Waals surface area contributed by atoms with E-state index in [9.17, 15) is 18.0 Å². The molecule has 0 aliphatic carbocycles. The molecule has 0 bridgehead atoms. The van der Waals surface area contributed by atoms with Crippen molar-refractivity contribution >= 4 is 34.8 Å². The fourth-order valence-corrected chi connectivity index (χ4v) is 3.78. The molecule has 1 aliphatic rings. The third-order valence-electron chi connectivity index (χ3n) is 5.26. The fraction of sp³-hybridized carbons (Fsp3) is 0.227. The van der Waals surface area contributed by atoms with Gasteiger partial charge < -0.3 is 10.6 Å². The van der Waals surface area contributed by atoms with Crippen LogP contribution < -0.4 is 10.6 Å². The van der Waals surface area contributed by atoms with Crippen LogP contribution in [0.5, 0.6) is 0 Å². The Morgan fingerprint density at radius 3 is 2.34 bits per heavy atom. The van der Waals surface area contributed by atoms with Gasteiger partial charge in [0.25, 0.3) is 0 Å².